The third-order valence-electron chi connectivity index (χ3n) is 3.94. The zero-order chi connectivity index (χ0) is 15.0. The first-order chi connectivity index (χ1) is 9.32. The number of carbonyl (C=O) groups excluding carboxylic acids is 1. The molecule has 6 nitrogen and oxygen atoms in total. The summed E-state index contributed by atoms with van der Waals surface area (Å²) in [4.78, 5) is 29.1. The van der Waals surface area contributed by atoms with E-state index >= 15 is 0 Å². The molecule has 0 aliphatic carbocycles. The fraction of sp³-hybridized carbons (Fsp3) is 0.500. The van der Waals surface area contributed by atoms with Gasteiger partial charge in [0, 0.05) is 18.3 Å². The van der Waals surface area contributed by atoms with Gasteiger partial charge in [-0.25, -0.2) is 0 Å². The van der Waals surface area contributed by atoms with Crippen molar-refractivity contribution in [1.29, 1.82) is 0 Å². The van der Waals surface area contributed by atoms with Crippen molar-refractivity contribution in [1.82, 2.24) is 4.98 Å². The number of carbonyl (C=O) groups is 2. The molecule has 1 aliphatic heterocycles. The molecule has 2 heterocycles. The zero-order valence-corrected chi connectivity index (χ0v) is 11.9. The highest BCUT2D eigenvalue weighted by molar-refractivity contribution is 6.00. The van der Waals surface area contributed by atoms with Crippen molar-refractivity contribution in [2.45, 2.75) is 33.2 Å². The van der Waals surface area contributed by atoms with Crippen LogP contribution in [0.15, 0.2) is 6.07 Å². The minimum absolute atomic E-state index is 0.174. The van der Waals surface area contributed by atoms with Crippen LogP contribution in [-0.4, -0.2) is 34.6 Å². The van der Waals surface area contributed by atoms with E-state index in [1.165, 1.54) is 0 Å². The summed E-state index contributed by atoms with van der Waals surface area (Å²) in [5.41, 5.74) is 7.89. The monoisotopic (exact) mass is 277 g/mol. The van der Waals surface area contributed by atoms with Gasteiger partial charge in [-0.15, -0.1) is 0 Å². The van der Waals surface area contributed by atoms with Crippen LogP contribution in [0.3, 0.4) is 0 Å². The number of nitrogens with zero attached hydrogens (tertiary/aromatic N) is 2. The molecule has 2 rings (SSSR count). The summed E-state index contributed by atoms with van der Waals surface area (Å²) in [6, 6.07) is 1.63. The fourth-order valence-corrected chi connectivity index (χ4v) is 2.95. The molecule has 1 aromatic rings. The standard InChI is InChI=1S/C14H19N3O3/c1-7-6-11(12(13(15)18)8(2)16-7)17-5-4-10(9(17)3)14(19)20/h6,9-10H,4-5H2,1-3H3,(H2,15,18)(H,19,20). The summed E-state index contributed by atoms with van der Waals surface area (Å²) in [6.45, 7) is 6.05. The molecular weight excluding hydrogens is 258 g/mol. The number of rotatable bonds is 3. The first-order valence-electron chi connectivity index (χ1n) is 6.60. The van der Waals surface area contributed by atoms with Crippen molar-refractivity contribution in [3.05, 3.63) is 23.0 Å². The molecule has 1 fully saturated rings. The van der Waals surface area contributed by atoms with Crippen LogP contribution < -0.4 is 10.6 Å². The SMILES string of the molecule is Cc1cc(N2CCC(C(=O)O)C2C)c(C(N)=O)c(C)n1. The number of primary amides is 1. The Kier molecular flexibility index (Phi) is 3.65. The minimum Gasteiger partial charge on any atom is -0.481 e. The molecule has 1 aliphatic rings. The van der Waals surface area contributed by atoms with Crippen molar-refractivity contribution in [2.75, 3.05) is 11.4 Å². The first kappa shape index (κ1) is 14.3. The van der Waals surface area contributed by atoms with E-state index in [1.54, 1.807) is 13.0 Å². The molecule has 2 unspecified atom stereocenters. The lowest BCUT2D eigenvalue weighted by Gasteiger charge is -2.28. The van der Waals surface area contributed by atoms with Gasteiger partial charge >= 0.3 is 5.97 Å². The number of anilines is 1. The van der Waals surface area contributed by atoms with Gasteiger partial charge in [-0.3, -0.25) is 14.6 Å². The second-order valence-electron chi connectivity index (χ2n) is 5.27. The van der Waals surface area contributed by atoms with Crippen LogP contribution in [0.5, 0.6) is 0 Å². The molecule has 1 saturated heterocycles. The summed E-state index contributed by atoms with van der Waals surface area (Å²) in [5, 5.41) is 9.21. The van der Waals surface area contributed by atoms with E-state index in [4.69, 9.17) is 5.73 Å². The third-order valence-corrected chi connectivity index (χ3v) is 3.94. The number of hydrogen-bond donors (Lipinski definition) is 2. The summed E-state index contributed by atoms with van der Waals surface area (Å²) in [6.07, 6.45) is 0.565. The summed E-state index contributed by atoms with van der Waals surface area (Å²) < 4.78 is 0. The van der Waals surface area contributed by atoms with Crippen LogP contribution >= 0.6 is 0 Å². The predicted molar refractivity (Wildman–Crippen MR) is 74.8 cm³/mol. The number of hydrogen-bond acceptors (Lipinski definition) is 4. The molecular formula is C14H19N3O3. The molecule has 20 heavy (non-hydrogen) atoms. The maximum atomic E-state index is 11.7. The molecule has 6 heteroatoms. The quantitative estimate of drug-likeness (QED) is 0.862. The second kappa shape index (κ2) is 5.11. The van der Waals surface area contributed by atoms with Gasteiger partial charge in [-0.1, -0.05) is 0 Å². The van der Waals surface area contributed by atoms with Gasteiger partial charge in [0.05, 0.1) is 22.9 Å². The normalized spacial score (nSPS) is 22.1. The molecule has 0 aromatic carbocycles. The Morgan fingerprint density at radius 3 is 2.60 bits per heavy atom. The topological polar surface area (TPSA) is 96.5 Å². The Morgan fingerprint density at radius 2 is 2.10 bits per heavy atom. The largest absolute Gasteiger partial charge is 0.481 e. The lowest BCUT2D eigenvalue weighted by atomic mass is 10.0. The van der Waals surface area contributed by atoms with Gasteiger partial charge in [-0.05, 0) is 33.3 Å². The van der Waals surface area contributed by atoms with E-state index < -0.39 is 17.8 Å². The van der Waals surface area contributed by atoms with E-state index in [1.807, 2.05) is 18.7 Å². The number of carboxylic acid groups (broad SMARTS) is 1. The zero-order valence-electron chi connectivity index (χ0n) is 11.9. The Hall–Kier alpha value is -2.11. The fourth-order valence-electron chi connectivity index (χ4n) is 2.95. The third kappa shape index (κ3) is 2.33. The number of nitrogens with two attached hydrogens (primary N) is 1. The molecule has 108 valence electrons. The first-order valence-corrected chi connectivity index (χ1v) is 6.60. The molecule has 3 N–H and O–H groups in total. The van der Waals surface area contributed by atoms with Gasteiger partial charge in [0.15, 0.2) is 0 Å². The van der Waals surface area contributed by atoms with Gasteiger partial charge < -0.3 is 15.7 Å². The van der Waals surface area contributed by atoms with E-state index in [-0.39, 0.29) is 6.04 Å². The molecule has 1 aromatic heterocycles. The predicted octanol–water partition coefficient (Wildman–Crippen LogP) is 1.10. The van der Waals surface area contributed by atoms with Crippen LogP contribution in [0.4, 0.5) is 5.69 Å². The van der Waals surface area contributed by atoms with Crippen LogP contribution in [0, 0.1) is 19.8 Å². The van der Waals surface area contributed by atoms with Gasteiger partial charge in [0.2, 0.25) is 0 Å². The van der Waals surface area contributed by atoms with E-state index in [0.29, 0.717) is 29.9 Å². The lowest BCUT2D eigenvalue weighted by molar-refractivity contribution is -0.141. The van der Waals surface area contributed by atoms with Crippen molar-refractivity contribution in [3.63, 3.8) is 0 Å². The van der Waals surface area contributed by atoms with Gasteiger partial charge in [-0.2, -0.15) is 0 Å². The van der Waals surface area contributed by atoms with E-state index in [9.17, 15) is 14.7 Å². The lowest BCUT2D eigenvalue weighted by Crippen LogP contribution is -2.34. The summed E-state index contributed by atoms with van der Waals surface area (Å²) in [5.74, 6) is -1.76. The maximum absolute atomic E-state index is 11.7. The molecule has 1 amide bonds. The van der Waals surface area contributed by atoms with Crippen LogP contribution in [0.2, 0.25) is 0 Å². The number of amides is 1. The van der Waals surface area contributed by atoms with Crippen molar-refractivity contribution in [2.24, 2.45) is 11.7 Å². The Bertz CT molecular complexity index is 571. The molecule has 0 bridgehead atoms. The number of carboxylic acids is 1. The Balaban J connectivity index is 2.48. The van der Waals surface area contributed by atoms with Gasteiger partial charge in [0.1, 0.15) is 0 Å². The molecule has 2 atom stereocenters. The number of pyridine rings is 1. The molecule has 0 spiro atoms. The summed E-state index contributed by atoms with van der Waals surface area (Å²) >= 11 is 0. The average Bonchev–Trinajstić information content (AvgIpc) is 2.69. The average molecular weight is 277 g/mol. The van der Waals surface area contributed by atoms with Crippen LogP contribution in [0.25, 0.3) is 0 Å². The van der Waals surface area contributed by atoms with Crippen LogP contribution in [0.1, 0.15) is 35.1 Å². The number of aliphatic carboxylic acids is 1. The van der Waals surface area contributed by atoms with Crippen LogP contribution in [-0.2, 0) is 4.79 Å². The van der Waals surface area contributed by atoms with Gasteiger partial charge in [0.25, 0.3) is 5.91 Å². The number of aryl methyl sites for hydroxylation is 2. The second-order valence-corrected chi connectivity index (χ2v) is 5.27. The maximum Gasteiger partial charge on any atom is 0.308 e. The van der Waals surface area contributed by atoms with Crippen molar-refractivity contribution in [3.8, 4) is 0 Å². The molecule has 0 radical (unpaired) electrons. The highest BCUT2D eigenvalue weighted by atomic mass is 16.4. The van der Waals surface area contributed by atoms with Crippen molar-refractivity contribution >= 4 is 17.6 Å². The minimum atomic E-state index is -0.803. The number of aromatic nitrogens is 1. The summed E-state index contributed by atoms with van der Waals surface area (Å²) in [7, 11) is 0. The Morgan fingerprint density at radius 1 is 1.45 bits per heavy atom. The van der Waals surface area contributed by atoms with Crippen molar-refractivity contribution < 1.29 is 14.7 Å². The van der Waals surface area contributed by atoms with E-state index in [0.717, 1.165) is 5.69 Å². The van der Waals surface area contributed by atoms with E-state index in [2.05, 4.69) is 4.98 Å². The highest BCUT2D eigenvalue weighted by Crippen LogP contribution is 2.33. The molecule has 0 saturated carbocycles. The Labute approximate surface area is 117 Å². The smallest absolute Gasteiger partial charge is 0.308 e. The highest BCUT2D eigenvalue weighted by Gasteiger charge is 2.37.